The minimum Gasteiger partial charge on any atom is -0.339 e. The highest BCUT2D eigenvalue weighted by atomic mass is 35.5. The van der Waals surface area contributed by atoms with Crippen molar-refractivity contribution in [3.8, 4) is 11.4 Å². The van der Waals surface area contributed by atoms with Crippen LogP contribution < -0.4 is 0 Å². The number of rotatable bonds is 4. The van der Waals surface area contributed by atoms with Crippen molar-refractivity contribution in [2.75, 3.05) is 26.2 Å². The fourth-order valence-electron chi connectivity index (χ4n) is 4.54. The molecule has 2 aliphatic heterocycles. The number of hydrogen-bond acceptors (Lipinski definition) is 5. The maximum atomic E-state index is 12.9. The first-order chi connectivity index (χ1) is 16.4. The molecule has 0 unspecified atom stereocenters. The maximum Gasteiger partial charge on any atom is 0.253 e. The minimum absolute atomic E-state index is 0.0168. The lowest BCUT2D eigenvalue weighted by Gasteiger charge is -2.53. The Morgan fingerprint density at radius 2 is 1.71 bits per heavy atom. The van der Waals surface area contributed by atoms with E-state index in [0.717, 1.165) is 37.1 Å². The Balaban J connectivity index is 1.12. The molecule has 2 fully saturated rings. The maximum absolute atomic E-state index is 12.9. The van der Waals surface area contributed by atoms with Crippen LogP contribution in [0.2, 0.25) is 10.0 Å². The Morgan fingerprint density at radius 3 is 2.35 bits per heavy atom. The van der Waals surface area contributed by atoms with E-state index in [1.165, 1.54) is 0 Å². The number of benzene rings is 2. The first-order valence-corrected chi connectivity index (χ1v) is 11.7. The zero-order valence-corrected chi connectivity index (χ0v) is 19.8. The quantitative estimate of drug-likeness (QED) is 0.551. The van der Waals surface area contributed by atoms with Crippen LogP contribution in [0.5, 0.6) is 0 Å². The van der Waals surface area contributed by atoms with Crippen LogP contribution >= 0.6 is 23.2 Å². The molecule has 1 spiro atoms. The molecule has 34 heavy (non-hydrogen) atoms. The van der Waals surface area contributed by atoms with Gasteiger partial charge in [0.15, 0.2) is 0 Å². The Bertz CT molecular complexity index is 1230. The Kier molecular flexibility index (Phi) is 6.10. The van der Waals surface area contributed by atoms with Gasteiger partial charge in [0.2, 0.25) is 11.7 Å². The van der Waals surface area contributed by atoms with Crippen molar-refractivity contribution in [1.82, 2.24) is 30.4 Å². The lowest BCUT2D eigenvalue weighted by atomic mass is 9.72. The second kappa shape index (κ2) is 9.19. The first kappa shape index (κ1) is 22.6. The van der Waals surface area contributed by atoms with E-state index in [1.807, 2.05) is 28.0 Å². The third-order valence-corrected chi connectivity index (χ3v) is 7.31. The lowest BCUT2D eigenvalue weighted by molar-refractivity contribution is -0.140. The van der Waals surface area contributed by atoms with Crippen molar-refractivity contribution in [3.63, 3.8) is 0 Å². The van der Waals surface area contributed by atoms with Gasteiger partial charge in [-0.1, -0.05) is 41.4 Å². The van der Waals surface area contributed by atoms with Gasteiger partial charge in [-0.15, -0.1) is 10.2 Å². The molecule has 0 aliphatic carbocycles. The molecule has 2 amide bonds. The van der Waals surface area contributed by atoms with Gasteiger partial charge >= 0.3 is 0 Å². The molecule has 0 atom stereocenters. The van der Waals surface area contributed by atoms with Crippen molar-refractivity contribution < 1.29 is 9.59 Å². The van der Waals surface area contributed by atoms with Crippen LogP contribution in [-0.4, -0.2) is 68.4 Å². The summed E-state index contributed by atoms with van der Waals surface area (Å²) >= 11 is 12.0. The fourth-order valence-corrected chi connectivity index (χ4v) is 4.84. The summed E-state index contributed by atoms with van der Waals surface area (Å²) < 4.78 is 0. The Morgan fingerprint density at radius 1 is 0.971 bits per heavy atom. The highest BCUT2D eigenvalue weighted by molar-refractivity contribution is 6.42. The van der Waals surface area contributed by atoms with E-state index in [-0.39, 0.29) is 17.2 Å². The van der Waals surface area contributed by atoms with Gasteiger partial charge in [0.1, 0.15) is 0 Å². The standard InChI is InChI=1S/C24H22Cl2N6O2/c25-19-7-1-16(13-20(19)26)2-8-21(33)32-14-24(15-32)9-11-31(12-10-24)23(34)18-5-3-17(4-6-18)22-27-29-30-28-22/h1-8,13H,9-12,14-15H2,(H,27,28,29,30)/b8-2+. The van der Waals surface area contributed by atoms with Gasteiger partial charge in [0.25, 0.3) is 5.91 Å². The summed E-state index contributed by atoms with van der Waals surface area (Å²) in [5.74, 6) is 0.498. The average Bonchev–Trinajstić information content (AvgIpc) is 3.38. The third kappa shape index (κ3) is 4.56. The van der Waals surface area contributed by atoms with E-state index in [1.54, 1.807) is 36.4 Å². The molecule has 5 rings (SSSR count). The molecule has 0 saturated carbocycles. The van der Waals surface area contributed by atoms with Crippen LogP contribution in [0, 0.1) is 5.41 Å². The molecule has 0 radical (unpaired) electrons. The number of carbonyl (C=O) groups is 2. The van der Waals surface area contributed by atoms with Crippen LogP contribution in [0.25, 0.3) is 17.5 Å². The van der Waals surface area contributed by atoms with Crippen LogP contribution in [0.3, 0.4) is 0 Å². The minimum atomic E-state index is -0.0168. The van der Waals surface area contributed by atoms with E-state index in [2.05, 4.69) is 20.6 Å². The number of piperidine rings is 1. The molecule has 10 heteroatoms. The zero-order valence-electron chi connectivity index (χ0n) is 18.2. The fraction of sp³-hybridized carbons (Fsp3) is 0.292. The van der Waals surface area contributed by atoms with Gasteiger partial charge in [-0.25, -0.2) is 0 Å². The number of amides is 2. The van der Waals surface area contributed by atoms with E-state index in [4.69, 9.17) is 23.2 Å². The summed E-state index contributed by atoms with van der Waals surface area (Å²) in [7, 11) is 0. The highest BCUT2D eigenvalue weighted by Gasteiger charge is 2.46. The number of hydrogen-bond donors (Lipinski definition) is 1. The molecular weight excluding hydrogens is 475 g/mol. The number of aromatic amines is 1. The first-order valence-electron chi connectivity index (χ1n) is 11.0. The van der Waals surface area contributed by atoms with Gasteiger partial charge in [0.05, 0.1) is 10.0 Å². The zero-order chi connectivity index (χ0) is 23.7. The molecule has 1 aromatic heterocycles. The Labute approximate surface area is 206 Å². The van der Waals surface area contributed by atoms with Crippen molar-refractivity contribution >= 4 is 41.1 Å². The molecule has 1 N–H and O–H groups in total. The van der Waals surface area contributed by atoms with Crippen LogP contribution in [0.15, 0.2) is 48.5 Å². The molecule has 174 valence electrons. The van der Waals surface area contributed by atoms with E-state index < -0.39 is 0 Å². The largest absolute Gasteiger partial charge is 0.339 e. The summed E-state index contributed by atoms with van der Waals surface area (Å²) in [4.78, 5) is 29.2. The average molecular weight is 497 g/mol. The molecule has 2 saturated heterocycles. The van der Waals surface area contributed by atoms with Gasteiger partial charge < -0.3 is 9.80 Å². The predicted molar refractivity (Wildman–Crippen MR) is 129 cm³/mol. The third-order valence-electron chi connectivity index (χ3n) is 6.57. The van der Waals surface area contributed by atoms with Gasteiger partial charge in [-0.2, -0.15) is 5.21 Å². The van der Waals surface area contributed by atoms with Gasteiger partial charge in [0, 0.05) is 48.8 Å². The van der Waals surface area contributed by atoms with E-state index >= 15 is 0 Å². The monoisotopic (exact) mass is 496 g/mol. The molecule has 3 aromatic rings. The van der Waals surface area contributed by atoms with E-state index in [9.17, 15) is 9.59 Å². The molecule has 2 aromatic carbocycles. The number of aromatic nitrogens is 4. The summed E-state index contributed by atoms with van der Waals surface area (Å²) in [6.45, 7) is 2.82. The molecule has 2 aliphatic rings. The summed E-state index contributed by atoms with van der Waals surface area (Å²) in [5, 5.41) is 14.8. The van der Waals surface area contributed by atoms with Crippen molar-refractivity contribution in [2.45, 2.75) is 12.8 Å². The number of likely N-dealkylation sites (tertiary alicyclic amines) is 2. The van der Waals surface area contributed by atoms with Crippen molar-refractivity contribution in [1.29, 1.82) is 0 Å². The SMILES string of the molecule is O=C(/C=C/c1ccc(Cl)c(Cl)c1)N1CC2(CCN(C(=O)c3ccc(-c4nn[nH]n4)cc3)CC2)C1. The Hall–Kier alpha value is -3.23. The number of nitrogens with one attached hydrogen (secondary N) is 1. The van der Waals surface area contributed by atoms with Gasteiger partial charge in [-0.05, 0) is 54.0 Å². The van der Waals surface area contributed by atoms with Crippen LogP contribution in [0.4, 0.5) is 0 Å². The van der Waals surface area contributed by atoms with E-state index in [0.29, 0.717) is 34.5 Å². The second-order valence-electron chi connectivity index (χ2n) is 8.81. The predicted octanol–water partition coefficient (Wildman–Crippen LogP) is 3.95. The highest BCUT2D eigenvalue weighted by Crippen LogP contribution is 2.40. The van der Waals surface area contributed by atoms with Crippen LogP contribution in [-0.2, 0) is 4.79 Å². The normalized spacial score (nSPS) is 17.2. The lowest BCUT2D eigenvalue weighted by Crippen LogP contribution is -2.62. The van der Waals surface area contributed by atoms with Gasteiger partial charge in [-0.3, -0.25) is 9.59 Å². The van der Waals surface area contributed by atoms with Crippen molar-refractivity contribution in [2.24, 2.45) is 5.41 Å². The number of nitrogens with zero attached hydrogens (tertiary/aromatic N) is 5. The summed E-state index contributed by atoms with van der Waals surface area (Å²) in [5.41, 5.74) is 2.37. The molecule has 3 heterocycles. The number of carbonyl (C=O) groups excluding carboxylic acids is 2. The second-order valence-corrected chi connectivity index (χ2v) is 9.62. The molecule has 8 nitrogen and oxygen atoms in total. The topological polar surface area (TPSA) is 95.1 Å². The molecular formula is C24H22Cl2N6O2. The summed E-state index contributed by atoms with van der Waals surface area (Å²) in [6, 6.07) is 12.5. The molecule has 0 bridgehead atoms. The number of tetrazole rings is 1. The number of halogens is 2. The van der Waals surface area contributed by atoms with Crippen LogP contribution in [0.1, 0.15) is 28.8 Å². The smallest absolute Gasteiger partial charge is 0.253 e. The summed E-state index contributed by atoms with van der Waals surface area (Å²) in [6.07, 6.45) is 5.10. The number of H-pyrrole nitrogens is 1. The van der Waals surface area contributed by atoms with Crippen molar-refractivity contribution in [3.05, 3.63) is 69.7 Å².